The molecule has 0 saturated heterocycles. The average molecular weight is 410 g/mol. The molecule has 4 aromatic rings. The van der Waals surface area contributed by atoms with E-state index in [0.717, 1.165) is 22.6 Å². The third-order valence-corrected chi connectivity index (χ3v) is 4.44. The third-order valence-electron chi connectivity index (χ3n) is 4.44. The number of aromatic nitrogens is 6. The van der Waals surface area contributed by atoms with Crippen molar-refractivity contribution in [3.05, 3.63) is 66.0 Å². The minimum Gasteiger partial charge on any atom is -0.368 e. The Balaban J connectivity index is 1.59. The summed E-state index contributed by atoms with van der Waals surface area (Å²) in [5.74, 6) is 3.61. The van der Waals surface area contributed by atoms with E-state index in [2.05, 4.69) is 50.3 Å². The summed E-state index contributed by atoms with van der Waals surface area (Å²) in [6.45, 7) is 4.63. The van der Waals surface area contributed by atoms with Crippen LogP contribution in [0.4, 0.5) is 11.8 Å². The first-order valence-corrected chi connectivity index (χ1v) is 9.85. The number of nitrogens with one attached hydrogen (secondary N) is 1. The summed E-state index contributed by atoms with van der Waals surface area (Å²) < 4.78 is 1.72. The highest BCUT2D eigenvalue weighted by atomic mass is 15.4. The molecule has 0 spiro atoms. The Bertz CT molecular complexity index is 1250. The van der Waals surface area contributed by atoms with Gasteiger partial charge in [-0.2, -0.15) is 0 Å². The van der Waals surface area contributed by atoms with E-state index < -0.39 is 0 Å². The molecule has 3 N–H and O–H groups in total. The second kappa shape index (κ2) is 8.63. The van der Waals surface area contributed by atoms with Crippen LogP contribution < -0.4 is 11.1 Å². The Morgan fingerprint density at radius 1 is 1.03 bits per heavy atom. The molecule has 0 saturated carbocycles. The van der Waals surface area contributed by atoms with Crippen molar-refractivity contribution in [2.75, 3.05) is 11.1 Å². The fourth-order valence-corrected chi connectivity index (χ4v) is 3.12. The molecule has 3 heterocycles. The van der Waals surface area contributed by atoms with Crippen LogP contribution >= 0.6 is 0 Å². The number of nitrogen functional groups attached to an aromatic ring is 1. The van der Waals surface area contributed by atoms with Gasteiger partial charge in [-0.15, -0.1) is 11.5 Å². The van der Waals surface area contributed by atoms with Gasteiger partial charge in [0.05, 0.1) is 29.8 Å². The Labute approximate surface area is 180 Å². The maximum absolute atomic E-state index is 5.96. The zero-order chi connectivity index (χ0) is 21.8. The summed E-state index contributed by atoms with van der Waals surface area (Å²) in [6.07, 6.45) is 7.32. The predicted molar refractivity (Wildman–Crippen MR) is 121 cm³/mol. The van der Waals surface area contributed by atoms with E-state index in [1.807, 2.05) is 54.7 Å². The zero-order valence-electron chi connectivity index (χ0n) is 17.3. The average Bonchev–Trinajstić information content (AvgIpc) is 3.21. The van der Waals surface area contributed by atoms with Crippen molar-refractivity contribution in [2.24, 2.45) is 0 Å². The van der Waals surface area contributed by atoms with Crippen LogP contribution in [0.25, 0.3) is 22.6 Å². The van der Waals surface area contributed by atoms with Gasteiger partial charge in [-0.3, -0.25) is 0 Å². The van der Waals surface area contributed by atoms with Crippen LogP contribution in [0.3, 0.4) is 0 Å². The van der Waals surface area contributed by atoms with Crippen LogP contribution in [0.15, 0.2) is 54.7 Å². The zero-order valence-corrected chi connectivity index (χ0v) is 17.3. The molecule has 0 bridgehead atoms. The largest absolute Gasteiger partial charge is 0.368 e. The number of rotatable bonds is 6. The van der Waals surface area contributed by atoms with Crippen LogP contribution in [0.1, 0.15) is 25.1 Å². The quantitative estimate of drug-likeness (QED) is 0.470. The van der Waals surface area contributed by atoms with Gasteiger partial charge >= 0.3 is 0 Å². The molecule has 0 radical (unpaired) electrons. The molecule has 8 nitrogen and oxygen atoms in total. The van der Waals surface area contributed by atoms with E-state index in [9.17, 15) is 0 Å². The first kappa shape index (κ1) is 20.0. The monoisotopic (exact) mass is 410 g/mol. The van der Waals surface area contributed by atoms with Crippen LogP contribution in [0.2, 0.25) is 0 Å². The second-order valence-electron chi connectivity index (χ2n) is 7.34. The molecule has 0 atom stereocenters. The van der Waals surface area contributed by atoms with Gasteiger partial charge in [0.2, 0.25) is 5.95 Å². The maximum Gasteiger partial charge on any atom is 0.221 e. The van der Waals surface area contributed by atoms with Crippen LogP contribution in [-0.2, 0) is 6.54 Å². The lowest BCUT2D eigenvalue weighted by molar-refractivity contribution is 0.639. The first-order chi connectivity index (χ1) is 15.0. The van der Waals surface area contributed by atoms with Crippen molar-refractivity contribution in [2.45, 2.75) is 26.4 Å². The molecule has 0 aliphatic carbocycles. The van der Waals surface area contributed by atoms with E-state index >= 15 is 0 Å². The van der Waals surface area contributed by atoms with Gasteiger partial charge in [-0.25, -0.2) is 19.6 Å². The Morgan fingerprint density at radius 3 is 2.65 bits per heavy atom. The summed E-state index contributed by atoms with van der Waals surface area (Å²) in [5, 5.41) is 11.8. The van der Waals surface area contributed by atoms with Crippen molar-refractivity contribution in [1.29, 1.82) is 0 Å². The SMILES string of the molecule is C#Cc1cccc(-c2cc(-c3cn(Cc4cccc(NC(C)C)n4)nn3)nc(N)n2)c1. The van der Waals surface area contributed by atoms with Crippen LogP contribution in [-0.4, -0.2) is 36.0 Å². The van der Waals surface area contributed by atoms with Gasteiger partial charge in [0.25, 0.3) is 0 Å². The first-order valence-electron chi connectivity index (χ1n) is 9.85. The number of hydrogen-bond donors (Lipinski definition) is 2. The maximum atomic E-state index is 5.96. The fraction of sp³-hybridized carbons (Fsp3) is 0.174. The molecule has 31 heavy (non-hydrogen) atoms. The molecule has 0 fully saturated rings. The number of nitrogens with zero attached hydrogens (tertiary/aromatic N) is 6. The standard InChI is InChI=1S/C23H22N8/c1-4-16-7-5-8-17(11-16)19-12-20(28-23(24)27-19)21-14-31(30-29-21)13-18-9-6-10-22(26-18)25-15(2)3/h1,5-12,14-15H,13H2,2-3H3,(H,25,26)(H2,24,27,28). The van der Waals surface area contributed by atoms with Crippen LogP contribution in [0.5, 0.6) is 0 Å². The molecule has 154 valence electrons. The van der Waals surface area contributed by atoms with E-state index in [4.69, 9.17) is 12.2 Å². The predicted octanol–water partition coefficient (Wildman–Crippen LogP) is 3.23. The Hall–Kier alpha value is -4.25. The minimum atomic E-state index is 0.155. The lowest BCUT2D eigenvalue weighted by Crippen LogP contribution is -2.12. The molecule has 1 aromatic carbocycles. The molecule has 0 unspecified atom stereocenters. The summed E-state index contributed by atoms with van der Waals surface area (Å²) in [6, 6.07) is 15.5. The van der Waals surface area contributed by atoms with E-state index in [1.165, 1.54) is 0 Å². The summed E-state index contributed by atoms with van der Waals surface area (Å²) in [4.78, 5) is 13.3. The topological polar surface area (TPSA) is 107 Å². The van der Waals surface area contributed by atoms with Gasteiger partial charge in [0.15, 0.2) is 0 Å². The lowest BCUT2D eigenvalue weighted by atomic mass is 10.1. The Kier molecular flexibility index (Phi) is 5.58. The van der Waals surface area contributed by atoms with Crippen molar-refractivity contribution in [1.82, 2.24) is 29.9 Å². The minimum absolute atomic E-state index is 0.155. The molecular weight excluding hydrogens is 388 g/mol. The molecular formula is C23H22N8. The van der Waals surface area contributed by atoms with Gasteiger partial charge in [0, 0.05) is 17.2 Å². The van der Waals surface area contributed by atoms with Crippen LogP contribution in [0, 0.1) is 12.3 Å². The summed E-state index contributed by atoms with van der Waals surface area (Å²) in [5.41, 5.74) is 10.3. The number of pyridine rings is 1. The number of anilines is 2. The molecule has 3 aromatic heterocycles. The van der Waals surface area contributed by atoms with Crippen molar-refractivity contribution < 1.29 is 0 Å². The lowest BCUT2D eigenvalue weighted by Gasteiger charge is -2.10. The highest BCUT2D eigenvalue weighted by Crippen LogP contribution is 2.24. The second-order valence-corrected chi connectivity index (χ2v) is 7.34. The highest BCUT2D eigenvalue weighted by molar-refractivity contribution is 5.68. The van der Waals surface area contributed by atoms with Gasteiger partial charge in [0.1, 0.15) is 11.5 Å². The normalized spacial score (nSPS) is 10.8. The molecule has 0 aliphatic heterocycles. The fourth-order valence-electron chi connectivity index (χ4n) is 3.12. The van der Waals surface area contributed by atoms with E-state index in [-0.39, 0.29) is 5.95 Å². The van der Waals surface area contributed by atoms with Crippen molar-refractivity contribution >= 4 is 11.8 Å². The number of hydrogen-bond acceptors (Lipinski definition) is 7. The van der Waals surface area contributed by atoms with Crippen molar-refractivity contribution in [3.8, 4) is 35.0 Å². The third kappa shape index (κ3) is 4.85. The van der Waals surface area contributed by atoms with Crippen molar-refractivity contribution in [3.63, 3.8) is 0 Å². The Morgan fingerprint density at radius 2 is 1.84 bits per heavy atom. The molecule has 0 amide bonds. The summed E-state index contributed by atoms with van der Waals surface area (Å²) >= 11 is 0. The van der Waals surface area contributed by atoms with Gasteiger partial charge < -0.3 is 11.1 Å². The smallest absolute Gasteiger partial charge is 0.221 e. The van der Waals surface area contributed by atoms with E-state index in [1.54, 1.807) is 4.68 Å². The molecule has 8 heteroatoms. The van der Waals surface area contributed by atoms with E-state index in [0.29, 0.717) is 29.7 Å². The summed E-state index contributed by atoms with van der Waals surface area (Å²) in [7, 11) is 0. The molecule has 4 rings (SSSR count). The number of terminal acetylenes is 1. The number of benzene rings is 1. The molecule has 0 aliphatic rings. The van der Waals surface area contributed by atoms with Gasteiger partial charge in [-0.1, -0.05) is 29.3 Å². The number of nitrogens with two attached hydrogens (primary N) is 1. The highest BCUT2D eigenvalue weighted by Gasteiger charge is 2.11. The van der Waals surface area contributed by atoms with Gasteiger partial charge in [-0.05, 0) is 44.2 Å².